The van der Waals surface area contributed by atoms with Crippen molar-refractivity contribution >= 4 is 21.9 Å². The monoisotopic (exact) mass is 285 g/mol. The van der Waals surface area contributed by atoms with Gasteiger partial charge in [-0.3, -0.25) is 9.78 Å². The van der Waals surface area contributed by atoms with E-state index < -0.39 is 12.0 Å². The van der Waals surface area contributed by atoms with Crippen LogP contribution in [0.1, 0.15) is 23.7 Å². The van der Waals surface area contributed by atoms with Gasteiger partial charge >= 0.3 is 5.97 Å². The first-order valence-electron chi connectivity index (χ1n) is 5.03. The summed E-state index contributed by atoms with van der Waals surface area (Å²) in [5.74, 6) is -0.841. The maximum Gasteiger partial charge on any atom is 0.311 e. The van der Waals surface area contributed by atoms with E-state index in [1.54, 1.807) is 12.4 Å². The molecular weight excluding hydrogens is 274 g/mol. The molecule has 1 aliphatic rings. The number of nitrogens with zero attached hydrogens (tertiary/aromatic N) is 1. The smallest absolute Gasteiger partial charge is 0.311 e. The van der Waals surface area contributed by atoms with Crippen LogP contribution in [0.3, 0.4) is 0 Å². The lowest BCUT2D eigenvalue weighted by Gasteiger charge is -2.28. The standard InChI is InChI=1S/C11H12BrNO3/c1-16-11(15)7-3-2-6-8(10(7)14)4-13-5-9(6)12/h4-5,7,10,14H,2-3H2,1H3. The van der Waals surface area contributed by atoms with Crippen LogP contribution < -0.4 is 0 Å². The summed E-state index contributed by atoms with van der Waals surface area (Å²) in [5, 5.41) is 10.1. The van der Waals surface area contributed by atoms with Gasteiger partial charge in [0.25, 0.3) is 0 Å². The van der Waals surface area contributed by atoms with Gasteiger partial charge in [0.15, 0.2) is 0 Å². The first kappa shape index (κ1) is 11.5. The number of fused-ring (bicyclic) bond motifs is 1. The summed E-state index contributed by atoms with van der Waals surface area (Å²) in [6.07, 6.45) is 3.84. The maximum absolute atomic E-state index is 11.5. The highest BCUT2D eigenvalue weighted by Gasteiger charge is 2.34. The van der Waals surface area contributed by atoms with Crippen molar-refractivity contribution in [3.63, 3.8) is 0 Å². The predicted octanol–water partition coefficient (Wildman–Crippen LogP) is 1.61. The molecule has 86 valence electrons. The number of esters is 1. The molecule has 1 heterocycles. The number of aliphatic hydroxyl groups excluding tert-OH is 1. The normalized spacial score (nSPS) is 23.7. The van der Waals surface area contributed by atoms with Crippen molar-refractivity contribution in [3.8, 4) is 0 Å². The van der Waals surface area contributed by atoms with Crippen LogP contribution in [0.4, 0.5) is 0 Å². The molecule has 0 fully saturated rings. The molecule has 1 aromatic rings. The van der Waals surface area contributed by atoms with E-state index in [4.69, 9.17) is 0 Å². The number of hydrogen-bond donors (Lipinski definition) is 1. The lowest BCUT2D eigenvalue weighted by atomic mass is 9.82. The van der Waals surface area contributed by atoms with E-state index in [9.17, 15) is 9.90 Å². The molecular formula is C11H12BrNO3. The molecule has 5 heteroatoms. The molecule has 0 saturated carbocycles. The van der Waals surface area contributed by atoms with Gasteiger partial charge in [-0.1, -0.05) is 0 Å². The van der Waals surface area contributed by atoms with E-state index in [2.05, 4.69) is 25.7 Å². The molecule has 2 unspecified atom stereocenters. The van der Waals surface area contributed by atoms with E-state index in [0.29, 0.717) is 6.42 Å². The lowest BCUT2D eigenvalue weighted by Crippen LogP contribution is -2.28. The number of rotatable bonds is 1. The van der Waals surface area contributed by atoms with Gasteiger partial charge in [-0.2, -0.15) is 0 Å². The minimum absolute atomic E-state index is 0.363. The Morgan fingerprint density at radius 2 is 2.38 bits per heavy atom. The third kappa shape index (κ3) is 1.85. The van der Waals surface area contributed by atoms with E-state index in [1.165, 1.54) is 7.11 Å². The first-order valence-corrected chi connectivity index (χ1v) is 5.82. The fourth-order valence-corrected chi connectivity index (χ4v) is 2.61. The molecule has 0 amide bonds. The van der Waals surface area contributed by atoms with Gasteiger partial charge in [-0.05, 0) is 34.3 Å². The molecule has 2 atom stereocenters. The number of carbonyl (C=O) groups excluding carboxylic acids is 1. The summed E-state index contributed by atoms with van der Waals surface area (Å²) < 4.78 is 5.56. The van der Waals surface area contributed by atoms with Gasteiger partial charge in [0.05, 0.1) is 19.1 Å². The van der Waals surface area contributed by atoms with Gasteiger partial charge in [-0.15, -0.1) is 0 Å². The fourth-order valence-electron chi connectivity index (χ4n) is 2.07. The Morgan fingerprint density at radius 1 is 1.62 bits per heavy atom. The lowest BCUT2D eigenvalue weighted by molar-refractivity contribution is -0.150. The SMILES string of the molecule is COC(=O)C1CCc2c(Br)cncc2C1O. The van der Waals surface area contributed by atoms with Gasteiger partial charge in [0, 0.05) is 22.4 Å². The number of aromatic nitrogens is 1. The number of pyridine rings is 1. The summed E-state index contributed by atoms with van der Waals surface area (Å²) in [6, 6.07) is 0. The first-order chi connectivity index (χ1) is 7.65. The highest BCUT2D eigenvalue weighted by molar-refractivity contribution is 9.10. The van der Waals surface area contributed by atoms with Crippen LogP contribution in [0.2, 0.25) is 0 Å². The number of methoxy groups -OCH3 is 1. The Bertz CT molecular complexity index is 422. The fraction of sp³-hybridized carbons (Fsp3) is 0.455. The minimum Gasteiger partial charge on any atom is -0.469 e. The Hall–Kier alpha value is -0.940. The average molecular weight is 286 g/mol. The molecule has 0 aromatic carbocycles. The summed E-state index contributed by atoms with van der Waals surface area (Å²) in [6.45, 7) is 0. The molecule has 1 N–H and O–H groups in total. The molecule has 16 heavy (non-hydrogen) atoms. The summed E-state index contributed by atoms with van der Waals surface area (Å²) >= 11 is 3.39. The number of hydrogen-bond acceptors (Lipinski definition) is 4. The van der Waals surface area contributed by atoms with E-state index in [0.717, 1.165) is 22.0 Å². The zero-order valence-electron chi connectivity index (χ0n) is 8.81. The number of aliphatic hydroxyl groups is 1. The number of halogens is 1. The van der Waals surface area contributed by atoms with Crippen molar-refractivity contribution in [1.29, 1.82) is 0 Å². The van der Waals surface area contributed by atoms with Crippen LogP contribution in [0.5, 0.6) is 0 Å². The Morgan fingerprint density at radius 3 is 3.06 bits per heavy atom. The second-order valence-electron chi connectivity index (χ2n) is 3.80. The minimum atomic E-state index is -0.818. The summed E-state index contributed by atoms with van der Waals surface area (Å²) in [4.78, 5) is 15.5. The van der Waals surface area contributed by atoms with Crippen molar-refractivity contribution in [3.05, 3.63) is 28.0 Å². The quantitative estimate of drug-likeness (QED) is 0.797. The molecule has 2 rings (SSSR count). The van der Waals surface area contributed by atoms with E-state index in [-0.39, 0.29) is 5.97 Å². The average Bonchev–Trinajstić information content (AvgIpc) is 2.30. The second-order valence-corrected chi connectivity index (χ2v) is 4.66. The Labute approximate surface area is 102 Å². The second kappa shape index (κ2) is 4.51. The van der Waals surface area contributed by atoms with Crippen LogP contribution in [0.15, 0.2) is 16.9 Å². The third-order valence-corrected chi connectivity index (χ3v) is 3.63. The molecule has 0 saturated heterocycles. The van der Waals surface area contributed by atoms with Gasteiger partial charge in [0.2, 0.25) is 0 Å². The molecule has 0 radical (unpaired) electrons. The van der Waals surface area contributed by atoms with Crippen LogP contribution in [0.25, 0.3) is 0 Å². The molecule has 0 aliphatic heterocycles. The molecule has 1 aromatic heterocycles. The van der Waals surface area contributed by atoms with Crippen molar-refractivity contribution in [2.45, 2.75) is 18.9 Å². The van der Waals surface area contributed by atoms with Crippen molar-refractivity contribution in [1.82, 2.24) is 4.98 Å². The highest BCUT2D eigenvalue weighted by atomic mass is 79.9. The molecule has 1 aliphatic carbocycles. The van der Waals surface area contributed by atoms with Crippen LogP contribution >= 0.6 is 15.9 Å². The van der Waals surface area contributed by atoms with Crippen molar-refractivity contribution < 1.29 is 14.6 Å². The van der Waals surface area contributed by atoms with Crippen LogP contribution in [0, 0.1) is 5.92 Å². The molecule has 4 nitrogen and oxygen atoms in total. The van der Waals surface area contributed by atoms with Crippen LogP contribution in [-0.2, 0) is 16.0 Å². The van der Waals surface area contributed by atoms with Crippen molar-refractivity contribution in [2.75, 3.05) is 7.11 Å². The Balaban J connectivity index is 2.36. The van der Waals surface area contributed by atoms with Crippen LogP contribution in [-0.4, -0.2) is 23.2 Å². The maximum atomic E-state index is 11.5. The number of carbonyl (C=O) groups is 1. The third-order valence-electron chi connectivity index (χ3n) is 2.95. The number of ether oxygens (including phenoxy) is 1. The molecule has 0 spiro atoms. The van der Waals surface area contributed by atoms with Gasteiger partial charge < -0.3 is 9.84 Å². The summed E-state index contributed by atoms with van der Waals surface area (Å²) in [5.41, 5.74) is 1.75. The predicted molar refractivity (Wildman–Crippen MR) is 60.7 cm³/mol. The zero-order chi connectivity index (χ0) is 11.7. The topological polar surface area (TPSA) is 59.4 Å². The van der Waals surface area contributed by atoms with E-state index in [1.807, 2.05) is 0 Å². The van der Waals surface area contributed by atoms with E-state index >= 15 is 0 Å². The largest absolute Gasteiger partial charge is 0.469 e. The Kier molecular flexibility index (Phi) is 3.25. The summed E-state index contributed by atoms with van der Waals surface area (Å²) in [7, 11) is 1.34. The van der Waals surface area contributed by atoms with Crippen molar-refractivity contribution in [2.24, 2.45) is 5.92 Å². The molecule has 0 bridgehead atoms. The highest BCUT2D eigenvalue weighted by Crippen LogP contribution is 2.37. The van der Waals surface area contributed by atoms with Gasteiger partial charge in [-0.25, -0.2) is 0 Å². The van der Waals surface area contributed by atoms with Gasteiger partial charge in [0.1, 0.15) is 0 Å². The zero-order valence-corrected chi connectivity index (χ0v) is 10.4.